The summed E-state index contributed by atoms with van der Waals surface area (Å²) in [5, 5.41) is 5.54. The van der Waals surface area contributed by atoms with Crippen molar-refractivity contribution in [2.24, 2.45) is 5.10 Å². The highest BCUT2D eigenvalue weighted by atomic mass is 79.9. The normalized spacial score (nSPS) is 15.9. The van der Waals surface area contributed by atoms with E-state index in [1.54, 1.807) is 17.3 Å². The molecule has 0 N–H and O–H groups in total. The van der Waals surface area contributed by atoms with Crippen molar-refractivity contribution in [2.75, 3.05) is 11.6 Å². The van der Waals surface area contributed by atoms with Crippen LogP contribution >= 0.6 is 15.9 Å². The van der Waals surface area contributed by atoms with Crippen LogP contribution in [0.3, 0.4) is 0 Å². The summed E-state index contributed by atoms with van der Waals surface area (Å²) in [5.41, 5.74) is -0.212. The van der Waals surface area contributed by atoms with E-state index in [1.807, 2.05) is 0 Å². The Morgan fingerprint density at radius 2 is 2.06 bits per heavy atom. The van der Waals surface area contributed by atoms with E-state index in [0.717, 1.165) is 12.5 Å². The largest absolute Gasteiger partial charge is 0.417 e. The fourth-order valence-corrected chi connectivity index (χ4v) is 1.95. The minimum Gasteiger partial charge on any atom is -0.265 e. The number of anilines is 1. The standard InChI is InChI=1S/C10H8BrF3N2/c11-9-3-2-7(16-5-1-4-15-16)6-8(9)10(12,13)14/h2-4,6H,1,5H2. The second kappa shape index (κ2) is 4.08. The summed E-state index contributed by atoms with van der Waals surface area (Å²) in [7, 11) is 0. The van der Waals surface area contributed by atoms with Crippen LogP contribution in [0.4, 0.5) is 18.9 Å². The number of halogens is 4. The quantitative estimate of drug-likeness (QED) is 0.771. The predicted octanol–water partition coefficient (Wildman–Crippen LogP) is 3.66. The van der Waals surface area contributed by atoms with Gasteiger partial charge in [-0.15, -0.1) is 0 Å². The van der Waals surface area contributed by atoms with Gasteiger partial charge in [0.15, 0.2) is 0 Å². The maximum Gasteiger partial charge on any atom is 0.417 e. The van der Waals surface area contributed by atoms with Crippen molar-refractivity contribution in [3.63, 3.8) is 0 Å². The molecule has 0 unspecified atom stereocenters. The average Bonchev–Trinajstić information content (AvgIpc) is 2.69. The molecule has 1 aromatic rings. The van der Waals surface area contributed by atoms with Crippen LogP contribution in [0.15, 0.2) is 27.8 Å². The van der Waals surface area contributed by atoms with Crippen molar-refractivity contribution in [3.8, 4) is 0 Å². The van der Waals surface area contributed by atoms with Crippen LogP contribution in [0, 0.1) is 0 Å². The van der Waals surface area contributed by atoms with E-state index >= 15 is 0 Å². The summed E-state index contributed by atoms with van der Waals surface area (Å²) >= 11 is 2.90. The maximum absolute atomic E-state index is 12.6. The highest BCUT2D eigenvalue weighted by molar-refractivity contribution is 9.10. The Hall–Kier alpha value is -1.04. The molecule has 0 saturated heterocycles. The topological polar surface area (TPSA) is 15.6 Å². The zero-order chi connectivity index (χ0) is 11.8. The lowest BCUT2D eigenvalue weighted by molar-refractivity contribution is -0.138. The zero-order valence-corrected chi connectivity index (χ0v) is 9.72. The SMILES string of the molecule is FC(F)(F)c1cc(N2CCC=N2)ccc1Br. The number of alkyl halides is 3. The van der Waals surface area contributed by atoms with E-state index in [9.17, 15) is 13.2 Å². The van der Waals surface area contributed by atoms with Crippen molar-refractivity contribution in [1.82, 2.24) is 0 Å². The molecule has 6 heteroatoms. The molecule has 86 valence electrons. The molecule has 0 atom stereocenters. The molecule has 2 nitrogen and oxygen atoms in total. The molecule has 0 amide bonds. The lowest BCUT2D eigenvalue weighted by Crippen LogP contribution is -2.14. The third-order valence-corrected chi connectivity index (χ3v) is 2.94. The Balaban J connectivity index is 2.39. The van der Waals surface area contributed by atoms with Crippen LogP contribution in [0.1, 0.15) is 12.0 Å². The number of hydrogen-bond donors (Lipinski definition) is 0. The van der Waals surface area contributed by atoms with E-state index in [1.165, 1.54) is 6.07 Å². The summed E-state index contributed by atoms with van der Waals surface area (Å²) in [6.45, 7) is 0.624. The van der Waals surface area contributed by atoms with E-state index in [-0.39, 0.29) is 4.47 Å². The molecule has 0 fully saturated rings. The molecule has 1 aliphatic rings. The number of rotatable bonds is 1. The Morgan fingerprint density at radius 1 is 1.31 bits per heavy atom. The number of nitrogens with zero attached hydrogens (tertiary/aromatic N) is 2. The number of hydrazone groups is 1. The molecular formula is C10H8BrF3N2. The van der Waals surface area contributed by atoms with Crippen LogP contribution in [-0.4, -0.2) is 12.8 Å². The van der Waals surface area contributed by atoms with Crippen molar-refractivity contribution in [1.29, 1.82) is 0 Å². The highest BCUT2D eigenvalue weighted by Crippen LogP contribution is 2.37. The lowest BCUT2D eigenvalue weighted by atomic mass is 10.2. The lowest BCUT2D eigenvalue weighted by Gasteiger charge is -2.16. The highest BCUT2D eigenvalue weighted by Gasteiger charge is 2.33. The first-order valence-corrected chi connectivity index (χ1v) is 5.44. The molecule has 0 bridgehead atoms. The second-order valence-electron chi connectivity index (χ2n) is 3.37. The first-order valence-electron chi connectivity index (χ1n) is 4.65. The summed E-state index contributed by atoms with van der Waals surface area (Å²) in [6, 6.07) is 4.11. The fourth-order valence-electron chi connectivity index (χ4n) is 1.48. The summed E-state index contributed by atoms with van der Waals surface area (Å²) in [6.07, 6.45) is -1.90. The molecule has 1 aromatic carbocycles. The summed E-state index contributed by atoms with van der Waals surface area (Å²) < 4.78 is 37.9. The van der Waals surface area contributed by atoms with E-state index in [2.05, 4.69) is 21.0 Å². The van der Waals surface area contributed by atoms with Crippen LogP contribution in [0.25, 0.3) is 0 Å². The van der Waals surface area contributed by atoms with Gasteiger partial charge in [0.25, 0.3) is 0 Å². The van der Waals surface area contributed by atoms with Crippen molar-refractivity contribution < 1.29 is 13.2 Å². The minimum atomic E-state index is -4.35. The molecule has 0 saturated carbocycles. The van der Waals surface area contributed by atoms with Gasteiger partial charge in [-0.2, -0.15) is 18.3 Å². The molecule has 0 aliphatic carbocycles. The first-order chi connectivity index (χ1) is 7.48. The van der Waals surface area contributed by atoms with Gasteiger partial charge in [0.1, 0.15) is 0 Å². The van der Waals surface area contributed by atoms with Gasteiger partial charge in [0, 0.05) is 23.7 Å². The Kier molecular flexibility index (Phi) is 2.92. The third kappa shape index (κ3) is 2.21. The number of hydrogen-bond acceptors (Lipinski definition) is 2. The van der Waals surface area contributed by atoms with E-state index < -0.39 is 11.7 Å². The smallest absolute Gasteiger partial charge is 0.265 e. The van der Waals surface area contributed by atoms with E-state index in [0.29, 0.717) is 12.2 Å². The molecule has 1 heterocycles. The van der Waals surface area contributed by atoms with Gasteiger partial charge in [0.2, 0.25) is 0 Å². The van der Waals surface area contributed by atoms with Crippen LogP contribution in [0.5, 0.6) is 0 Å². The van der Waals surface area contributed by atoms with Gasteiger partial charge in [-0.05, 0) is 18.2 Å². The Morgan fingerprint density at radius 3 is 2.62 bits per heavy atom. The third-order valence-electron chi connectivity index (χ3n) is 2.24. The molecule has 0 radical (unpaired) electrons. The fraction of sp³-hybridized carbons (Fsp3) is 0.300. The average molecular weight is 293 g/mol. The Labute approximate surface area is 98.9 Å². The molecule has 16 heavy (non-hydrogen) atoms. The van der Waals surface area contributed by atoms with Gasteiger partial charge in [-0.3, -0.25) is 5.01 Å². The molecule has 2 rings (SSSR count). The van der Waals surface area contributed by atoms with Crippen LogP contribution < -0.4 is 5.01 Å². The summed E-state index contributed by atoms with van der Waals surface area (Å²) in [5.74, 6) is 0. The van der Waals surface area contributed by atoms with Gasteiger partial charge in [0.05, 0.1) is 11.3 Å². The predicted molar refractivity (Wildman–Crippen MR) is 59.6 cm³/mol. The first kappa shape index (κ1) is 11.4. The number of benzene rings is 1. The molecule has 1 aliphatic heterocycles. The minimum absolute atomic E-state index is 0.0481. The molecule has 0 aromatic heterocycles. The van der Waals surface area contributed by atoms with Gasteiger partial charge in [-0.25, -0.2) is 0 Å². The molecular weight excluding hydrogens is 285 g/mol. The summed E-state index contributed by atoms with van der Waals surface area (Å²) in [4.78, 5) is 0. The van der Waals surface area contributed by atoms with Crippen molar-refractivity contribution in [3.05, 3.63) is 28.2 Å². The monoisotopic (exact) mass is 292 g/mol. The maximum atomic E-state index is 12.6. The van der Waals surface area contributed by atoms with Crippen molar-refractivity contribution in [2.45, 2.75) is 12.6 Å². The van der Waals surface area contributed by atoms with Crippen LogP contribution in [-0.2, 0) is 6.18 Å². The van der Waals surface area contributed by atoms with Gasteiger partial charge >= 0.3 is 6.18 Å². The van der Waals surface area contributed by atoms with Gasteiger partial charge in [-0.1, -0.05) is 15.9 Å². The molecule has 0 spiro atoms. The zero-order valence-electron chi connectivity index (χ0n) is 8.13. The Bertz CT molecular complexity index is 429. The second-order valence-corrected chi connectivity index (χ2v) is 4.23. The van der Waals surface area contributed by atoms with Crippen molar-refractivity contribution >= 4 is 27.8 Å². The van der Waals surface area contributed by atoms with Crippen LogP contribution in [0.2, 0.25) is 0 Å². The van der Waals surface area contributed by atoms with E-state index in [4.69, 9.17) is 0 Å². The van der Waals surface area contributed by atoms with Gasteiger partial charge < -0.3 is 0 Å².